The lowest BCUT2D eigenvalue weighted by molar-refractivity contribution is -0.161. The van der Waals surface area contributed by atoms with E-state index in [2.05, 4.69) is 41.5 Å². The maximum absolute atomic E-state index is 13.0. The molecular formula is C72H140O17P2. The van der Waals surface area contributed by atoms with Crippen molar-refractivity contribution in [1.29, 1.82) is 0 Å². The highest BCUT2D eigenvalue weighted by Gasteiger charge is 2.30. The number of phosphoric acid groups is 2. The Morgan fingerprint density at radius 3 is 0.747 bits per heavy atom. The number of aliphatic hydroxyl groups is 1. The van der Waals surface area contributed by atoms with E-state index < -0.39 is 97.5 Å². The van der Waals surface area contributed by atoms with E-state index in [1.165, 1.54) is 180 Å². The smallest absolute Gasteiger partial charge is 0.462 e. The highest BCUT2D eigenvalue weighted by Crippen LogP contribution is 2.45. The zero-order valence-corrected chi connectivity index (χ0v) is 60.9. The molecule has 0 fully saturated rings. The summed E-state index contributed by atoms with van der Waals surface area (Å²) in [4.78, 5) is 72.6. The monoisotopic (exact) mass is 1340 g/mol. The second-order valence-electron chi connectivity index (χ2n) is 26.9. The summed E-state index contributed by atoms with van der Waals surface area (Å²) in [5.74, 6) is -0.599. The van der Waals surface area contributed by atoms with Gasteiger partial charge in [-0.2, -0.15) is 0 Å². The van der Waals surface area contributed by atoms with Crippen LogP contribution < -0.4 is 0 Å². The van der Waals surface area contributed by atoms with Gasteiger partial charge in [-0.3, -0.25) is 37.3 Å². The van der Waals surface area contributed by atoms with Crippen LogP contribution >= 0.6 is 15.6 Å². The molecule has 0 aromatic carbocycles. The molecular weight excluding hydrogens is 1200 g/mol. The number of ether oxygens (including phenoxy) is 4. The number of carbonyl (C=O) groups excluding carboxylic acids is 4. The van der Waals surface area contributed by atoms with Gasteiger partial charge in [-0.15, -0.1) is 0 Å². The summed E-state index contributed by atoms with van der Waals surface area (Å²) < 4.78 is 68.3. The zero-order valence-electron chi connectivity index (χ0n) is 59.1. The van der Waals surface area contributed by atoms with E-state index in [1.807, 2.05) is 0 Å². The van der Waals surface area contributed by atoms with Gasteiger partial charge in [0.2, 0.25) is 0 Å². The Labute approximate surface area is 556 Å². The molecule has 0 aromatic rings. The highest BCUT2D eigenvalue weighted by molar-refractivity contribution is 7.47. The first-order valence-corrected chi connectivity index (χ1v) is 40.5. The molecule has 19 heteroatoms. The van der Waals surface area contributed by atoms with Crippen molar-refractivity contribution in [3.63, 3.8) is 0 Å². The lowest BCUT2D eigenvalue weighted by atomic mass is 10.0. The number of hydrogen-bond donors (Lipinski definition) is 3. The van der Waals surface area contributed by atoms with Crippen molar-refractivity contribution in [1.82, 2.24) is 0 Å². The molecule has 5 atom stereocenters. The van der Waals surface area contributed by atoms with Crippen molar-refractivity contribution in [2.24, 2.45) is 11.8 Å². The quantitative estimate of drug-likeness (QED) is 0.0222. The summed E-state index contributed by atoms with van der Waals surface area (Å²) in [5, 5.41) is 10.6. The molecule has 0 amide bonds. The SMILES string of the molecule is CCCCCCCCCCCCCCCCCCC(=O)O[C@H](COC(=O)CCCCCCCCCCCCCC(C)C)COP(=O)(O)OC[C@@H](O)COP(=O)(O)OC[C@@H](COC(=O)CCCCCCCCCC)OC(=O)CCCCCCCCCCCCC(C)C. The number of rotatable bonds is 71. The first-order valence-electron chi connectivity index (χ1n) is 37.5. The van der Waals surface area contributed by atoms with Crippen molar-refractivity contribution in [2.45, 2.75) is 387 Å². The standard InChI is InChI=1S/C72H140O17P2/c1-7-9-11-13-15-17-18-19-20-21-22-25-32-38-44-50-56-71(76)89-68(61-83-70(75)55-49-43-37-31-26-23-24-29-34-40-46-52-64(3)4)63-87-91(80,81)85-59-66(73)58-84-90(78,79)86-62-67(60-82-69(74)54-48-42-36-16-14-12-10-8-2)88-72(77)57-51-45-39-33-28-27-30-35-41-47-53-65(5)6/h64-68,73H,7-63H2,1-6H3,(H,78,79)(H,80,81)/t66-,67+,68+/m0/s1. The van der Waals surface area contributed by atoms with E-state index in [-0.39, 0.29) is 25.7 Å². The van der Waals surface area contributed by atoms with Crippen molar-refractivity contribution in [3.8, 4) is 0 Å². The van der Waals surface area contributed by atoms with Crippen molar-refractivity contribution < 1.29 is 80.2 Å². The molecule has 17 nitrogen and oxygen atoms in total. The van der Waals surface area contributed by atoms with Crippen LogP contribution in [-0.2, 0) is 65.4 Å². The van der Waals surface area contributed by atoms with Crippen LogP contribution in [0.1, 0.15) is 369 Å². The summed E-state index contributed by atoms with van der Waals surface area (Å²) in [6.07, 6.45) is 49.9. The maximum Gasteiger partial charge on any atom is 0.472 e. The molecule has 0 rings (SSSR count). The molecule has 0 saturated heterocycles. The fourth-order valence-electron chi connectivity index (χ4n) is 10.9. The van der Waals surface area contributed by atoms with Gasteiger partial charge in [-0.25, -0.2) is 9.13 Å². The van der Waals surface area contributed by atoms with Gasteiger partial charge in [0, 0.05) is 25.7 Å². The number of hydrogen-bond acceptors (Lipinski definition) is 15. The zero-order chi connectivity index (χ0) is 67.2. The van der Waals surface area contributed by atoms with Gasteiger partial charge < -0.3 is 33.8 Å². The Morgan fingerprint density at radius 2 is 0.505 bits per heavy atom. The molecule has 0 bridgehead atoms. The van der Waals surface area contributed by atoms with Crippen LogP contribution in [0, 0.1) is 11.8 Å². The molecule has 540 valence electrons. The van der Waals surface area contributed by atoms with Crippen LogP contribution in [0.25, 0.3) is 0 Å². The molecule has 0 aliphatic carbocycles. The van der Waals surface area contributed by atoms with E-state index in [9.17, 15) is 43.2 Å². The highest BCUT2D eigenvalue weighted by atomic mass is 31.2. The maximum atomic E-state index is 13.0. The Bertz CT molecular complexity index is 1770. The number of unbranched alkanes of at least 4 members (excludes halogenated alkanes) is 41. The van der Waals surface area contributed by atoms with Gasteiger partial charge in [0.05, 0.1) is 26.4 Å². The summed E-state index contributed by atoms with van der Waals surface area (Å²) >= 11 is 0. The third-order valence-electron chi connectivity index (χ3n) is 16.7. The van der Waals surface area contributed by atoms with Crippen LogP contribution in [0.4, 0.5) is 0 Å². The van der Waals surface area contributed by atoms with Gasteiger partial charge >= 0.3 is 39.5 Å². The predicted molar refractivity (Wildman–Crippen MR) is 368 cm³/mol. The summed E-state index contributed by atoms with van der Waals surface area (Å²) in [7, 11) is -9.90. The normalized spacial score (nSPS) is 14.1. The largest absolute Gasteiger partial charge is 0.472 e. The van der Waals surface area contributed by atoms with Gasteiger partial charge in [-0.05, 0) is 37.5 Å². The number of aliphatic hydroxyl groups excluding tert-OH is 1. The van der Waals surface area contributed by atoms with Crippen molar-refractivity contribution in [3.05, 3.63) is 0 Å². The van der Waals surface area contributed by atoms with E-state index in [0.717, 1.165) is 108 Å². The molecule has 0 aliphatic rings. The average molecular weight is 1340 g/mol. The van der Waals surface area contributed by atoms with E-state index >= 15 is 0 Å². The molecule has 3 N–H and O–H groups in total. The Balaban J connectivity index is 5.23. The van der Waals surface area contributed by atoms with Crippen molar-refractivity contribution in [2.75, 3.05) is 39.6 Å². The second kappa shape index (κ2) is 64.1. The first-order chi connectivity index (χ1) is 43.9. The summed E-state index contributed by atoms with van der Waals surface area (Å²) in [5.41, 5.74) is 0. The topological polar surface area (TPSA) is 237 Å². The summed E-state index contributed by atoms with van der Waals surface area (Å²) in [6, 6.07) is 0. The third-order valence-corrected chi connectivity index (χ3v) is 18.6. The second-order valence-corrected chi connectivity index (χ2v) is 29.8. The molecule has 0 spiro atoms. The fraction of sp³-hybridized carbons (Fsp3) is 0.944. The Kier molecular flexibility index (Phi) is 62.7. The molecule has 2 unspecified atom stereocenters. The Morgan fingerprint density at radius 1 is 0.297 bits per heavy atom. The third kappa shape index (κ3) is 66.5. The number of carbonyl (C=O) groups is 4. The number of phosphoric ester groups is 2. The van der Waals surface area contributed by atoms with E-state index in [1.54, 1.807) is 0 Å². The van der Waals surface area contributed by atoms with Crippen LogP contribution in [0.15, 0.2) is 0 Å². The van der Waals surface area contributed by atoms with Gasteiger partial charge in [0.15, 0.2) is 12.2 Å². The van der Waals surface area contributed by atoms with Gasteiger partial charge in [-0.1, -0.05) is 318 Å². The molecule has 0 aliphatic heterocycles. The number of esters is 4. The fourth-order valence-corrected chi connectivity index (χ4v) is 12.5. The average Bonchev–Trinajstić information content (AvgIpc) is 3.56. The minimum absolute atomic E-state index is 0.106. The predicted octanol–water partition coefficient (Wildman–Crippen LogP) is 20.8. The van der Waals surface area contributed by atoms with Crippen LogP contribution in [0.3, 0.4) is 0 Å². The lowest BCUT2D eigenvalue weighted by Crippen LogP contribution is -2.30. The minimum atomic E-state index is -4.95. The van der Waals surface area contributed by atoms with E-state index in [0.29, 0.717) is 25.7 Å². The van der Waals surface area contributed by atoms with Crippen LogP contribution in [0.5, 0.6) is 0 Å². The van der Waals surface area contributed by atoms with E-state index in [4.69, 9.17) is 37.0 Å². The lowest BCUT2D eigenvalue weighted by Gasteiger charge is -2.21. The van der Waals surface area contributed by atoms with Crippen LogP contribution in [0.2, 0.25) is 0 Å². The molecule has 0 saturated carbocycles. The molecule has 0 radical (unpaired) electrons. The van der Waals surface area contributed by atoms with Crippen molar-refractivity contribution >= 4 is 39.5 Å². The molecule has 0 aromatic heterocycles. The summed E-state index contributed by atoms with van der Waals surface area (Å²) in [6.45, 7) is 9.54. The molecule has 91 heavy (non-hydrogen) atoms. The van der Waals surface area contributed by atoms with Gasteiger partial charge in [0.1, 0.15) is 19.3 Å². The first kappa shape index (κ1) is 89.1. The molecule has 0 heterocycles. The minimum Gasteiger partial charge on any atom is -0.462 e. The Hall–Kier alpha value is -1.94. The van der Waals surface area contributed by atoms with Gasteiger partial charge in [0.25, 0.3) is 0 Å². The van der Waals surface area contributed by atoms with Crippen LogP contribution in [-0.4, -0.2) is 96.7 Å².